The minimum Gasteiger partial charge on any atom is -0.396 e. The highest BCUT2D eigenvalue weighted by Crippen LogP contribution is 2.34. The molecule has 0 spiro atoms. The molecule has 3 heterocycles. The van der Waals surface area contributed by atoms with Crippen molar-refractivity contribution in [2.45, 2.75) is 18.8 Å². The minimum absolute atomic E-state index is 0.000312. The zero-order valence-electron chi connectivity index (χ0n) is 10.6. The van der Waals surface area contributed by atoms with Gasteiger partial charge in [0.25, 0.3) is 5.56 Å². The van der Waals surface area contributed by atoms with Crippen molar-refractivity contribution in [2.24, 2.45) is 5.92 Å². The SMILES string of the molecule is Nc1nc2c(ncn2C2CC(CO)C(CO)O2)c(=O)[nH]1. The van der Waals surface area contributed by atoms with Crippen molar-refractivity contribution in [3.05, 3.63) is 16.7 Å². The van der Waals surface area contributed by atoms with Gasteiger partial charge in [0.05, 0.1) is 19.0 Å². The van der Waals surface area contributed by atoms with Crippen LogP contribution in [-0.2, 0) is 4.74 Å². The van der Waals surface area contributed by atoms with Gasteiger partial charge in [-0.25, -0.2) is 4.98 Å². The van der Waals surface area contributed by atoms with E-state index in [1.54, 1.807) is 4.57 Å². The summed E-state index contributed by atoms with van der Waals surface area (Å²) < 4.78 is 7.26. The summed E-state index contributed by atoms with van der Waals surface area (Å²) in [7, 11) is 0. The van der Waals surface area contributed by atoms with Crippen LogP contribution >= 0.6 is 0 Å². The Hall–Kier alpha value is -1.97. The molecule has 0 saturated carbocycles. The molecule has 0 aliphatic carbocycles. The third-order valence-corrected chi connectivity index (χ3v) is 3.54. The summed E-state index contributed by atoms with van der Waals surface area (Å²) in [5, 5.41) is 18.5. The fourth-order valence-electron chi connectivity index (χ4n) is 2.50. The zero-order chi connectivity index (χ0) is 14.3. The number of aliphatic hydroxyl groups is 2. The van der Waals surface area contributed by atoms with Gasteiger partial charge in [-0.1, -0.05) is 0 Å². The van der Waals surface area contributed by atoms with Gasteiger partial charge in [0, 0.05) is 18.9 Å². The highest BCUT2D eigenvalue weighted by molar-refractivity contribution is 5.70. The summed E-state index contributed by atoms with van der Waals surface area (Å²) in [5.74, 6) is -0.165. The largest absolute Gasteiger partial charge is 0.396 e. The molecule has 0 bridgehead atoms. The lowest BCUT2D eigenvalue weighted by molar-refractivity contribution is -0.0333. The van der Waals surface area contributed by atoms with Gasteiger partial charge in [-0.2, -0.15) is 4.98 Å². The van der Waals surface area contributed by atoms with Crippen LogP contribution in [0.1, 0.15) is 12.6 Å². The van der Waals surface area contributed by atoms with Gasteiger partial charge in [0.1, 0.15) is 6.23 Å². The third kappa shape index (κ3) is 1.96. The lowest BCUT2D eigenvalue weighted by atomic mass is 10.0. The van der Waals surface area contributed by atoms with Crippen LogP contribution in [0.2, 0.25) is 0 Å². The number of ether oxygens (including phenoxy) is 1. The number of rotatable bonds is 3. The van der Waals surface area contributed by atoms with Crippen molar-refractivity contribution < 1.29 is 14.9 Å². The fourth-order valence-corrected chi connectivity index (χ4v) is 2.50. The number of nitrogens with two attached hydrogens (primary N) is 1. The van der Waals surface area contributed by atoms with Crippen molar-refractivity contribution in [1.82, 2.24) is 19.5 Å². The summed E-state index contributed by atoms with van der Waals surface area (Å²) in [5.41, 5.74) is 5.62. The van der Waals surface area contributed by atoms with E-state index in [2.05, 4.69) is 15.0 Å². The molecule has 0 aromatic carbocycles. The highest BCUT2D eigenvalue weighted by atomic mass is 16.5. The highest BCUT2D eigenvalue weighted by Gasteiger charge is 2.36. The average molecular weight is 281 g/mol. The molecule has 5 N–H and O–H groups in total. The second-order valence-corrected chi connectivity index (χ2v) is 4.77. The molecule has 0 radical (unpaired) electrons. The van der Waals surface area contributed by atoms with E-state index in [1.165, 1.54) is 6.33 Å². The third-order valence-electron chi connectivity index (χ3n) is 3.54. The van der Waals surface area contributed by atoms with Crippen LogP contribution < -0.4 is 11.3 Å². The number of hydrogen-bond acceptors (Lipinski definition) is 7. The number of nitrogens with zero attached hydrogens (tertiary/aromatic N) is 3. The smallest absolute Gasteiger partial charge is 0.280 e. The number of aromatic amines is 1. The predicted molar refractivity (Wildman–Crippen MR) is 68.7 cm³/mol. The number of anilines is 1. The number of H-pyrrole nitrogens is 1. The van der Waals surface area contributed by atoms with Crippen LogP contribution in [-0.4, -0.2) is 49.0 Å². The molecule has 3 unspecified atom stereocenters. The Morgan fingerprint density at radius 3 is 2.95 bits per heavy atom. The van der Waals surface area contributed by atoms with E-state index in [1.807, 2.05) is 0 Å². The Morgan fingerprint density at radius 2 is 2.30 bits per heavy atom. The van der Waals surface area contributed by atoms with Gasteiger partial charge < -0.3 is 20.7 Å². The number of nitrogen functional groups attached to an aromatic ring is 1. The van der Waals surface area contributed by atoms with Gasteiger partial charge in [-0.05, 0) is 0 Å². The van der Waals surface area contributed by atoms with E-state index in [4.69, 9.17) is 10.5 Å². The maximum atomic E-state index is 11.7. The molecule has 1 fully saturated rings. The molecule has 1 aliphatic rings. The number of aliphatic hydroxyl groups excluding tert-OH is 2. The first kappa shape index (κ1) is 13.0. The lowest BCUT2D eigenvalue weighted by Crippen LogP contribution is -2.23. The van der Waals surface area contributed by atoms with Gasteiger partial charge in [0.15, 0.2) is 11.2 Å². The first-order chi connectivity index (χ1) is 9.63. The topological polar surface area (TPSA) is 139 Å². The predicted octanol–water partition coefficient (Wildman–Crippen LogP) is -1.41. The molecule has 3 atom stereocenters. The van der Waals surface area contributed by atoms with E-state index in [-0.39, 0.29) is 30.6 Å². The minimum atomic E-state index is -0.443. The molecule has 3 rings (SSSR count). The van der Waals surface area contributed by atoms with Crippen LogP contribution in [0.4, 0.5) is 5.95 Å². The van der Waals surface area contributed by atoms with Crippen LogP contribution in [0.15, 0.2) is 11.1 Å². The molecular weight excluding hydrogens is 266 g/mol. The standard InChI is InChI=1S/C11H15N5O4/c12-11-14-9-8(10(19)15-11)13-4-16(9)7-1-5(2-17)6(3-18)20-7/h4-7,17-18H,1-3H2,(H3,12,14,15,19). The Morgan fingerprint density at radius 1 is 1.50 bits per heavy atom. The van der Waals surface area contributed by atoms with Crippen molar-refractivity contribution in [3.63, 3.8) is 0 Å². The van der Waals surface area contributed by atoms with Gasteiger partial charge >= 0.3 is 0 Å². The maximum Gasteiger partial charge on any atom is 0.280 e. The summed E-state index contributed by atoms with van der Waals surface area (Å²) >= 11 is 0. The van der Waals surface area contributed by atoms with E-state index >= 15 is 0 Å². The summed E-state index contributed by atoms with van der Waals surface area (Å²) in [6.07, 6.45) is 1.07. The zero-order valence-corrected chi connectivity index (χ0v) is 10.6. The lowest BCUT2D eigenvalue weighted by Gasteiger charge is -2.14. The Balaban J connectivity index is 2.01. The van der Waals surface area contributed by atoms with E-state index in [0.717, 1.165) is 0 Å². The van der Waals surface area contributed by atoms with Crippen LogP contribution in [0.3, 0.4) is 0 Å². The Labute approximate surface area is 113 Å². The van der Waals surface area contributed by atoms with Gasteiger partial charge in [0.2, 0.25) is 5.95 Å². The number of fused-ring (bicyclic) bond motifs is 1. The molecular formula is C11H15N5O4. The summed E-state index contributed by atoms with van der Waals surface area (Å²) in [6.45, 7) is -0.255. The molecule has 1 aliphatic heterocycles. The number of nitrogens with one attached hydrogen (secondary N) is 1. The van der Waals surface area contributed by atoms with Crippen molar-refractivity contribution in [2.75, 3.05) is 18.9 Å². The molecule has 1 saturated heterocycles. The van der Waals surface area contributed by atoms with Crippen molar-refractivity contribution >= 4 is 17.1 Å². The normalized spacial score (nSPS) is 26.4. The number of aromatic nitrogens is 4. The molecule has 108 valence electrons. The second-order valence-electron chi connectivity index (χ2n) is 4.77. The van der Waals surface area contributed by atoms with Crippen molar-refractivity contribution in [3.8, 4) is 0 Å². The molecule has 9 heteroatoms. The second kappa shape index (κ2) is 4.85. The van der Waals surface area contributed by atoms with E-state index in [0.29, 0.717) is 12.1 Å². The first-order valence-corrected chi connectivity index (χ1v) is 6.23. The Kier molecular flexibility index (Phi) is 3.16. The maximum absolute atomic E-state index is 11.7. The summed E-state index contributed by atoms with van der Waals surface area (Å²) in [4.78, 5) is 22.1. The molecule has 20 heavy (non-hydrogen) atoms. The molecule has 0 amide bonds. The molecule has 2 aromatic rings. The first-order valence-electron chi connectivity index (χ1n) is 6.23. The van der Waals surface area contributed by atoms with Crippen LogP contribution in [0, 0.1) is 5.92 Å². The van der Waals surface area contributed by atoms with Crippen LogP contribution in [0.25, 0.3) is 11.2 Å². The van der Waals surface area contributed by atoms with Gasteiger partial charge in [-0.3, -0.25) is 14.3 Å². The van der Waals surface area contributed by atoms with E-state index in [9.17, 15) is 15.0 Å². The molecule has 9 nitrogen and oxygen atoms in total. The van der Waals surface area contributed by atoms with Crippen molar-refractivity contribution in [1.29, 1.82) is 0 Å². The molecule has 2 aromatic heterocycles. The fraction of sp³-hybridized carbons (Fsp3) is 0.545. The Bertz CT molecular complexity index is 669. The quantitative estimate of drug-likeness (QED) is 0.542. The average Bonchev–Trinajstić information content (AvgIpc) is 3.01. The van der Waals surface area contributed by atoms with E-state index < -0.39 is 17.9 Å². The summed E-state index contributed by atoms with van der Waals surface area (Å²) in [6, 6.07) is 0. The van der Waals surface area contributed by atoms with Crippen LogP contribution in [0.5, 0.6) is 0 Å². The van der Waals surface area contributed by atoms with Gasteiger partial charge in [-0.15, -0.1) is 0 Å². The number of imidazole rings is 1. The monoisotopic (exact) mass is 281 g/mol. The number of hydrogen-bond donors (Lipinski definition) is 4.